The van der Waals surface area contributed by atoms with E-state index in [1.54, 1.807) is 18.4 Å². The molecule has 0 spiro atoms. The Balaban J connectivity index is 2.04. The molecule has 0 radical (unpaired) electrons. The second-order valence-corrected chi connectivity index (χ2v) is 9.85. The van der Waals surface area contributed by atoms with Crippen LogP contribution in [-0.2, 0) is 17.9 Å². The van der Waals surface area contributed by atoms with E-state index in [2.05, 4.69) is 39.5 Å². The summed E-state index contributed by atoms with van der Waals surface area (Å²) >= 11 is 1.65. The Morgan fingerprint density at radius 3 is 2.59 bits per heavy atom. The van der Waals surface area contributed by atoms with Crippen LogP contribution in [0.15, 0.2) is 10.8 Å². The van der Waals surface area contributed by atoms with E-state index in [9.17, 15) is 9.59 Å². The van der Waals surface area contributed by atoms with Gasteiger partial charge < -0.3 is 14.8 Å². The van der Waals surface area contributed by atoms with E-state index < -0.39 is 5.92 Å². The standard InChI is InChI=1S/C22H32N4O2S/c1-14-12-29-13-15(14)20-24-19(17-11-25(6)8-7-9-26(17)20)18(27)10-16(21(28)23-5)22(2,3)4/h12-13,16H,7-11H2,1-6H3,(H,23,28)/t16-/m1/s1. The number of aryl methyl sites for hydroxylation is 1. The van der Waals surface area contributed by atoms with Crippen LogP contribution in [0.1, 0.15) is 55.4 Å². The van der Waals surface area contributed by atoms with Gasteiger partial charge in [0.25, 0.3) is 0 Å². The third-order valence-electron chi connectivity index (χ3n) is 5.77. The lowest BCUT2D eigenvalue weighted by Crippen LogP contribution is -2.37. The van der Waals surface area contributed by atoms with E-state index in [0.29, 0.717) is 12.2 Å². The molecule has 2 aromatic heterocycles. The summed E-state index contributed by atoms with van der Waals surface area (Å²) in [6.45, 7) is 10.6. The highest BCUT2D eigenvalue weighted by Gasteiger charge is 2.35. The molecule has 1 aliphatic heterocycles. The molecule has 2 aromatic rings. The van der Waals surface area contributed by atoms with Crippen molar-refractivity contribution in [1.82, 2.24) is 19.8 Å². The predicted octanol–water partition coefficient (Wildman–Crippen LogP) is 3.74. The lowest BCUT2D eigenvalue weighted by atomic mass is 9.77. The van der Waals surface area contributed by atoms with Crippen molar-refractivity contribution in [1.29, 1.82) is 0 Å². The van der Waals surface area contributed by atoms with Crippen molar-refractivity contribution in [2.75, 3.05) is 20.6 Å². The maximum absolute atomic E-state index is 13.4. The zero-order chi connectivity index (χ0) is 21.3. The number of fused-ring (bicyclic) bond motifs is 1. The van der Waals surface area contributed by atoms with Gasteiger partial charge in [-0.1, -0.05) is 20.8 Å². The van der Waals surface area contributed by atoms with E-state index in [1.165, 1.54) is 5.56 Å². The molecule has 158 valence electrons. The number of amides is 1. The molecular formula is C22H32N4O2S. The summed E-state index contributed by atoms with van der Waals surface area (Å²) in [6, 6.07) is 0. The Labute approximate surface area is 177 Å². The average Bonchev–Trinajstić information content (AvgIpc) is 3.16. The van der Waals surface area contributed by atoms with Crippen LogP contribution in [0.2, 0.25) is 0 Å². The van der Waals surface area contributed by atoms with Gasteiger partial charge in [-0.3, -0.25) is 9.59 Å². The molecule has 1 atom stereocenters. The van der Waals surface area contributed by atoms with Crippen molar-refractivity contribution in [2.45, 2.75) is 53.6 Å². The second-order valence-electron chi connectivity index (χ2n) is 9.10. The Bertz CT molecular complexity index is 907. The average molecular weight is 417 g/mol. The molecule has 0 unspecified atom stereocenters. The minimum atomic E-state index is -0.396. The lowest BCUT2D eigenvalue weighted by Gasteiger charge is -2.28. The number of rotatable bonds is 5. The van der Waals surface area contributed by atoms with Crippen molar-refractivity contribution in [3.8, 4) is 11.4 Å². The summed E-state index contributed by atoms with van der Waals surface area (Å²) in [6.07, 6.45) is 1.19. The van der Waals surface area contributed by atoms with Gasteiger partial charge in [-0.25, -0.2) is 4.98 Å². The van der Waals surface area contributed by atoms with Gasteiger partial charge in [-0.2, -0.15) is 11.3 Å². The number of carbonyl (C=O) groups excluding carboxylic acids is 2. The Hall–Kier alpha value is -1.99. The number of Topliss-reactive ketones (excluding diaryl/α,β-unsaturated/α-hetero) is 1. The molecule has 0 aliphatic carbocycles. The molecule has 3 rings (SSSR count). The van der Waals surface area contributed by atoms with Crippen molar-refractivity contribution < 1.29 is 9.59 Å². The Morgan fingerprint density at radius 1 is 1.28 bits per heavy atom. The van der Waals surface area contributed by atoms with Crippen LogP contribution >= 0.6 is 11.3 Å². The third-order valence-corrected chi connectivity index (χ3v) is 6.63. The highest BCUT2D eigenvalue weighted by Crippen LogP contribution is 2.33. The van der Waals surface area contributed by atoms with Crippen molar-refractivity contribution in [3.63, 3.8) is 0 Å². The zero-order valence-corrected chi connectivity index (χ0v) is 19.2. The van der Waals surface area contributed by atoms with Gasteiger partial charge in [0.1, 0.15) is 11.5 Å². The van der Waals surface area contributed by atoms with E-state index in [0.717, 1.165) is 36.6 Å². The molecule has 1 N–H and O–H groups in total. The smallest absolute Gasteiger partial charge is 0.223 e. The molecule has 29 heavy (non-hydrogen) atoms. The lowest BCUT2D eigenvalue weighted by molar-refractivity contribution is -0.127. The van der Waals surface area contributed by atoms with E-state index in [4.69, 9.17) is 4.98 Å². The summed E-state index contributed by atoms with van der Waals surface area (Å²) in [4.78, 5) is 33.0. The summed E-state index contributed by atoms with van der Waals surface area (Å²) < 4.78 is 2.22. The fourth-order valence-corrected chi connectivity index (χ4v) is 4.81. The molecule has 0 saturated heterocycles. The predicted molar refractivity (Wildman–Crippen MR) is 117 cm³/mol. The van der Waals surface area contributed by atoms with Gasteiger partial charge in [-0.15, -0.1) is 0 Å². The number of imidazole rings is 1. The van der Waals surface area contributed by atoms with Crippen molar-refractivity contribution in [3.05, 3.63) is 27.7 Å². The van der Waals surface area contributed by atoms with Crippen LogP contribution in [0.4, 0.5) is 0 Å². The van der Waals surface area contributed by atoms with Crippen molar-refractivity contribution >= 4 is 23.0 Å². The van der Waals surface area contributed by atoms with Crippen LogP contribution < -0.4 is 5.32 Å². The number of nitrogens with zero attached hydrogens (tertiary/aromatic N) is 3. The minimum Gasteiger partial charge on any atom is -0.359 e. The summed E-state index contributed by atoms with van der Waals surface area (Å²) in [5, 5.41) is 6.94. The summed E-state index contributed by atoms with van der Waals surface area (Å²) in [5.41, 5.74) is 3.46. The number of thiophene rings is 1. The van der Waals surface area contributed by atoms with Gasteiger partial charge in [0, 0.05) is 37.5 Å². The van der Waals surface area contributed by atoms with Gasteiger partial charge >= 0.3 is 0 Å². The maximum Gasteiger partial charge on any atom is 0.223 e. The van der Waals surface area contributed by atoms with Gasteiger partial charge in [0.2, 0.25) is 5.91 Å². The first-order chi connectivity index (χ1) is 13.6. The Kier molecular flexibility index (Phi) is 6.29. The molecule has 0 saturated carbocycles. The van der Waals surface area contributed by atoms with Gasteiger partial charge in [-0.05, 0) is 43.3 Å². The molecular weight excluding hydrogens is 384 g/mol. The molecule has 7 heteroatoms. The number of hydrogen-bond donors (Lipinski definition) is 1. The molecule has 3 heterocycles. The molecule has 1 amide bonds. The topological polar surface area (TPSA) is 67.2 Å². The van der Waals surface area contributed by atoms with Crippen LogP contribution in [-0.4, -0.2) is 46.8 Å². The first-order valence-corrected chi connectivity index (χ1v) is 11.1. The van der Waals surface area contributed by atoms with E-state index in [-0.39, 0.29) is 23.5 Å². The normalized spacial score (nSPS) is 16.2. The monoisotopic (exact) mass is 416 g/mol. The molecule has 0 aromatic carbocycles. The third kappa shape index (κ3) is 4.46. The van der Waals surface area contributed by atoms with Crippen LogP contribution in [0, 0.1) is 18.3 Å². The van der Waals surface area contributed by atoms with Crippen LogP contribution in [0.3, 0.4) is 0 Å². The van der Waals surface area contributed by atoms with Gasteiger partial charge in [0.15, 0.2) is 5.78 Å². The highest BCUT2D eigenvalue weighted by atomic mass is 32.1. The van der Waals surface area contributed by atoms with E-state index in [1.807, 2.05) is 20.8 Å². The number of hydrogen-bond acceptors (Lipinski definition) is 5. The fourth-order valence-electron chi connectivity index (χ4n) is 3.99. The van der Waals surface area contributed by atoms with Crippen LogP contribution in [0.5, 0.6) is 0 Å². The molecule has 6 nitrogen and oxygen atoms in total. The quantitative estimate of drug-likeness (QED) is 0.754. The number of ketones is 1. The largest absolute Gasteiger partial charge is 0.359 e. The SMILES string of the molecule is CNC(=O)[C@@H](CC(=O)c1nc(-c2cscc2C)n2c1CN(C)CCC2)C(C)(C)C. The maximum atomic E-state index is 13.4. The van der Waals surface area contributed by atoms with Crippen LogP contribution in [0.25, 0.3) is 11.4 Å². The number of carbonyl (C=O) groups is 2. The van der Waals surface area contributed by atoms with Crippen molar-refractivity contribution in [2.24, 2.45) is 11.3 Å². The fraction of sp³-hybridized carbons (Fsp3) is 0.591. The first kappa shape index (κ1) is 21.7. The number of nitrogens with one attached hydrogen (secondary N) is 1. The second kappa shape index (κ2) is 8.40. The highest BCUT2D eigenvalue weighted by molar-refractivity contribution is 7.08. The number of aromatic nitrogens is 2. The van der Waals surface area contributed by atoms with E-state index >= 15 is 0 Å². The zero-order valence-electron chi connectivity index (χ0n) is 18.3. The first-order valence-electron chi connectivity index (χ1n) is 10.2. The summed E-state index contributed by atoms with van der Waals surface area (Å²) in [5.74, 6) is 0.339. The summed E-state index contributed by atoms with van der Waals surface area (Å²) in [7, 11) is 3.70. The Morgan fingerprint density at radius 2 is 2.00 bits per heavy atom. The minimum absolute atomic E-state index is 0.0493. The molecule has 0 bridgehead atoms. The molecule has 1 aliphatic rings. The molecule has 0 fully saturated rings. The van der Waals surface area contributed by atoms with Gasteiger partial charge in [0.05, 0.1) is 11.6 Å².